The number of fused-ring (bicyclic) bond motifs is 1. The second kappa shape index (κ2) is 6.00. The maximum atomic E-state index is 12.1. The summed E-state index contributed by atoms with van der Waals surface area (Å²) in [5, 5.41) is 0. The topological polar surface area (TPSA) is 58.2 Å². The van der Waals surface area contributed by atoms with Crippen LogP contribution in [-0.2, 0) is 4.74 Å². The molecule has 5 nitrogen and oxygen atoms in total. The molecule has 0 aromatic carbocycles. The zero-order chi connectivity index (χ0) is 16.6. The number of carbonyl (C=O) groups excluding carboxylic acids is 1. The summed E-state index contributed by atoms with van der Waals surface area (Å²) >= 11 is 3.43. The number of H-pyrrole nitrogens is 1. The Morgan fingerprint density at radius 3 is 2.87 bits per heavy atom. The van der Waals surface area contributed by atoms with Crippen LogP contribution in [0.25, 0.3) is 16.6 Å². The molecular formula is C17H20BrN3O2. The van der Waals surface area contributed by atoms with E-state index in [0.717, 1.165) is 27.5 Å². The highest BCUT2D eigenvalue weighted by atomic mass is 79.9. The van der Waals surface area contributed by atoms with Crippen LogP contribution in [0.3, 0.4) is 0 Å². The number of rotatable bonds is 1. The first-order chi connectivity index (χ1) is 10.8. The number of nitrogens with one attached hydrogen (secondary N) is 1. The molecule has 2 aromatic rings. The predicted octanol–water partition coefficient (Wildman–Crippen LogP) is 4.35. The number of halogens is 1. The summed E-state index contributed by atoms with van der Waals surface area (Å²) in [5.41, 5.74) is 3.83. The van der Waals surface area contributed by atoms with Crippen molar-refractivity contribution in [2.75, 3.05) is 13.1 Å². The Labute approximate surface area is 143 Å². The molecule has 0 aliphatic carbocycles. The Morgan fingerprint density at radius 2 is 2.22 bits per heavy atom. The van der Waals surface area contributed by atoms with Crippen LogP contribution in [0.1, 0.15) is 32.8 Å². The lowest BCUT2D eigenvalue weighted by atomic mass is 10.0. The second-order valence-electron chi connectivity index (χ2n) is 6.66. The van der Waals surface area contributed by atoms with Crippen LogP contribution in [0.4, 0.5) is 4.79 Å². The molecule has 0 radical (unpaired) electrons. The van der Waals surface area contributed by atoms with Gasteiger partial charge >= 0.3 is 6.09 Å². The van der Waals surface area contributed by atoms with Crippen molar-refractivity contribution in [3.63, 3.8) is 0 Å². The predicted molar refractivity (Wildman–Crippen MR) is 94.2 cm³/mol. The van der Waals surface area contributed by atoms with Crippen molar-refractivity contribution in [2.45, 2.75) is 32.8 Å². The lowest BCUT2D eigenvalue weighted by Crippen LogP contribution is -2.39. The summed E-state index contributed by atoms with van der Waals surface area (Å²) in [6.07, 6.45) is 6.41. The van der Waals surface area contributed by atoms with Crippen molar-refractivity contribution in [1.29, 1.82) is 0 Å². The summed E-state index contributed by atoms with van der Waals surface area (Å²) in [5.74, 6) is 0. The number of carbonyl (C=O) groups is 1. The minimum atomic E-state index is -0.463. The Hall–Kier alpha value is -1.82. The highest BCUT2D eigenvalue weighted by Gasteiger charge is 2.24. The van der Waals surface area contributed by atoms with Gasteiger partial charge in [-0.2, -0.15) is 0 Å². The molecule has 1 amide bonds. The average molecular weight is 378 g/mol. The van der Waals surface area contributed by atoms with Crippen molar-refractivity contribution < 1.29 is 9.53 Å². The summed E-state index contributed by atoms with van der Waals surface area (Å²) in [4.78, 5) is 21.6. The fourth-order valence-electron chi connectivity index (χ4n) is 2.63. The van der Waals surface area contributed by atoms with Crippen molar-refractivity contribution in [3.05, 3.63) is 34.6 Å². The SMILES string of the molecule is CC(C)(C)OC(=O)N1CC=C(c2c[nH]c3cc(Br)cnc23)CC1. The zero-order valence-electron chi connectivity index (χ0n) is 13.5. The fraction of sp³-hybridized carbons (Fsp3) is 0.412. The van der Waals surface area contributed by atoms with Crippen LogP contribution in [0.2, 0.25) is 0 Å². The first-order valence-electron chi connectivity index (χ1n) is 7.63. The minimum absolute atomic E-state index is 0.256. The van der Waals surface area contributed by atoms with Crippen LogP contribution in [0, 0.1) is 0 Å². The first kappa shape index (κ1) is 16.1. The molecule has 23 heavy (non-hydrogen) atoms. The molecule has 0 atom stereocenters. The number of ether oxygens (including phenoxy) is 1. The van der Waals surface area contributed by atoms with Gasteiger partial charge in [-0.15, -0.1) is 0 Å². The molecule has 3 rings (SSSR count). The molecule has 0 saturated heterocycles. The number of aromatic amines is 1. The van der Waals surface area contributed by atoms with Crippen molar-refractivity contribution in [3.8, 4) is 0 Å². The van der Waals surface area contributed by atoms with E-state index in [-0.39, 0.29) is 6.09 Å². The molecule has 6 heteroatoms. The Bertz CT molecular complexity index is 774. The zero-order valence-corrected chi connectivity index (χ0v) is 15.1. The molecule has 0 fully saturated rings. The highest BCUT2D eigenvalue weighted by Crippen LogP contribution is 2.29. The molecule has 1 N–H and O–H groups in total. The third kappa shape index (κ3) is 3.58. The number of pyridine rings is 1. The van der Waals surface area contributed by atoms with E-state index in [0.29, 0.717) is 13.1 Å². The summed E-state index contributed by atoms with van der Waals surface area (Å²) in [6.45, 7) is 6.86. The quantitative estimate of drug-likeness (QED) is 0.803. The Kier molecular flexibility index (Phi) is 4.19. The van der Waals surface area contributed by atoms with Crippen LogP contribution in [-0.4, -0.2) is 39.7 Å². The summed E-state index contributed by atoms with van der Waals surface area (Å²) < 4.78 is 6.37. The minimum Gasteiger partial charge on any atom is -0.444 e. The number of aromatic nitrogens is 2. The van der Waals surface area contributed by atoms with Crippen LogP contribution >= 0.6 is 15.9 Å². The molecular weight excluding hydrogens is 358 g/mol. The molecule has 2 aromatic heterocycles. The molecule has 0 unspecified atom stereocenters. The molecule has 1 aliphatic rings. The van der Waals surface area contributed by atoms with Gasteiger partial charge in [-0.1, -0.05) is 6.08 Å². The Balaban J connectivity index is 1.77. The second-order valence-corrected chi connectivity index (χ2v) is 7.57. The number of hydrogen-bond acceptors (Lipinski definition) is 3. The van der Waals surface area contributed by atoms with Crippen LogP contribution in [0.5, 0.6) is 0 Å². The highest BCUT2D eigenvalue weighted by molar-refractivity contribution is 9.10. The van der Waals surface area contributed by atoms with Crippen molar-refractivity contribution in [2.24, 2.45) is 0 Å². The van der Waals surface area contributed by atoms with E-state index >= 15 is 0 Å². The van der Waals surface area contributed by atoms with Gasteiger partial charge in [0.1, 0.15) is 5.60 Å². The summed E-state index contributed by atoms with van der Waals surface area (Å²) in [6, 6.07) is 2.02. The lowest BCUT2D eigenvalue weighted by Gasteiger charge is -2.29. The van der Waals surface area contributed by atoms with Gasteiger partial charge in [0, 0.05) is 35.5 Å². The van der Waals surface area contributed by atoms with E-state index in [9.17, 15) is 4.79 Å². The van der Waals surface area contributed by atoms with Gasteiger partial charge in [-0.3, -0.25) is 4.98 Å². The van der Waals surface area contributed by atoms with Gasteiger partial charge in [0.2, 0.25) is 0 Å². The van der Waals surface area contributed by atoms with Crippen LogP contribution < -0.4 is 0 Å². The maximum absolute atomic E-state index is 12.1. The van der Waals surface area contributed by atoms with Gasteiger partial charge in [-0.05, 0) is 54.8 Å². The third-order valence-corrected chi connectivity index (χ3v) is 4.12. The van der Waals surface area contributed by atoms with E-state index in [1.807, 2.05) is 33.0 Å². The number of hydrogen-bond donors (Lipinski definition) is 1. The van der Waals surface area contributed by atoms with Crippen molar-refractivity contribution in [1.82, 2.24) is 14.9 Å². The summed E-state index contributed by atoms with van der Waals surface area (Å²) in [7, 11) is 0. The standard InChI is InChI=1S/C17H20BrN3O2/c1-17(2,3)23-16(22)21-6-4-11(5-7-21)13-10-19-14-8-12(18)9-20-15(13)14/h4,8-10,19H,5-7H2,1-3H3. The van der Waals surface area contributed by atoms with Gasteiger partial charge in [0.25, 0.3) is 0 Å². The number of amides is 1. The van der Waals surface area contributed by atoms with Crippen LogP contribution in [0.15, 0.2) is 29.0 Å². The van der Waals surface area contributed by atoms with E-state index in [2.05, 4.69) is 32.0 Å². The smallest absolute Gasteiger partial charge is 0.410 e. The van der Waals surface area contributed by atoms with Crippen molar-refractivity contribution >= 4 is 38.6 Å². The largest absolute Gasteiger partial charge is 0.444 e. The molecule has 1 aliphatic heterocycles. The monoisotopic (exact) mass is 377 g/mol. The molecule has 3 heterocycles. The molecule has 0 saturated carbocycles. The molecule has 0 spiro atoms. The van der Waals surface area contributed by atoms with E-state index in [1.165, 1.54) is 5.57 Å². The first-order valence-corrected chi connectivity index (χ1v) is 8.43. The van der Waals surface area contributed by atoms with Gasteiger partial charge in [0.05, 0.1) is 11.0 Å². The average Bonchev–Trinajstić information content (AvgIpc) is 2.88. The fourth-order valence-corrected chi connectivity index (χ4v) is 2.96. The molecule has 0 bridgehead atoms. The Morgan fingerprint density at radius 1 is 1.43 bits per heavy atom. The van der Waals surface area contributed by atoms with Gasteiger partial charge in [-0.25, -0.2) is 4.79 Å². The lowest BCUT2D eigenvalue weighted by molar-refractivity contribution is 0.0270. The number of nitrogens with zero attached hydrogens (tertiary/aromatic N) is 2. The third-order valence-electron chi connectivity index (χ3n) is 3.69. The molecule has 122 valence electrons. The maximum Gasteiger partial charge on any atom is 0.410 e. The van der Waals surface area contributed by atoms with E-state index in [1.54, 1.807) is 11.1 Å². The van der Waals surface area contributed by atoms with Gasteiger partial charge < -0.3 is 14.6 Å². The normalized spacial score (nSPS) is 15.7. The van der Waals surface area contributed by atoms with E-state index in [4.69, 9.17) is 4.74 Å². The van der Waals surface area contributed by atoms with Gasteiger partial charge in [0.15, 0.2) is 0 Å². The van der Waals surface area contributed by atoms with E-state index < -0.39 is 5.60 Å².